The summed E-state index contributed by atoms with van der Waals surface area (Å²) < 4.78 is 0. The van der Waals surface area contributed by atoms with Crippen LogP contribution in [-0.4, -0.2) is 10.9 Å². The number of rotatable bonds is 2. The number of hydrogen-bond donors (Lipinski definition) is 1. The zero-order valence-corrected chi connectivity index (χ0v) is 11.9. The molecule has 1 saturated carbocycles. The van der Waals surface area contributed by atoms with Gasteiger partial charge in [-0.2, -0.15) is 0 Å². The Labute approximate surface area is 119 Å². The summed E-state index contributed by atoms with van der Waals surface area (Å²) in [5.41, 5.74) is 2.15. The highest BCUT2D eigenvalue weighted by Crippen LogP contribution is 2.25. The van der Waals surface area contributed by atoms with E-state index >= 15 is 0 Å². The first kappa shape index (κ1) is 13.1. The van der Waals surface area contributed by atoms with E-state index in [1.54, 1.807) is 0 Å². The van der Waals surface area contributed by atoms with Crippen LogP contribution in [0.2, 0.25) is 0 Å². The van der Waals surface area contributed by atoms with Gasteiger partial charge < -0.3 is 5.32 Å². The Morgan fingerprint density at radius 3 is 2.75 bits per heavy atom. The van der Waals surface area contributed by atoms with Crippen molar-refractivity contribution in [3.05, 3.63) is 35.9 Å². The second-order valence-corrected chi connectivity index (χ2v) is 5.72. The van der Waals surface area contributed by atoms with Crippen LogP contribution in [0.4, 0.5) is 5.82 Å². The Morgan fingerprint density at radius 1 is 1.15 bits per heavy atom. The summed E-state index contributed by atoms with van der Waals surface area (Å²) in [5.74, 6) is 0.958. The fraction of sp³-hybridized carbons (Fsp3) is 0.412. The van der Waals surface area contributed by atoms with E-state index < -0.39 is 0 Å². The number of fused-ring (bicyclic) bond motifs is 1. The number of nitrogens with one attached hydrogen (secondary N) is 1. The third-order valence-electron chi connectivity index (χ3n) is 4.07. The molecule has 1 heterocycles. The van der Waals surface area contributed by atoms with Gasteiger partial charge in [0, 0.05) is 11.3 Å². The van der Waals surface area contributed by atoms with E-state index in [1.165, 1.54) is 24.8 Å². The number of benzene rings is 1. The van der Waals surface area contributed by atoms with Crippen LogP contribution in [0.5, 0.6) is 0 Å². The lowest BCUT2D eigenvalue weighted by atomic mass is 9.89. The number of aromatic nitrogens is 1. The van der Waals surface area contributed by atoms with Crippen molar-refractivity contribution in [2.75, 3.05) is 5.32 Å². The fourth-order valence-corrected chi connectivity index (χ4v) is 2.91. The molecule has 0 saturated heterocycles. The zero-order valence-electron chi connectivity index (χ0n) is 11.9. The van der Waals surface area contributed by atoms with Crippen molar-refractivity contribution in [2.45, 2.75) is 39.0 Å². The highest BCUT2D eigenvalue weighted by atomic mass is 16.1. The third kappa shape index (κ3) is 2.82. The number of carbonyl (C=O) groups is 1. The van der Waals surface area contributed by atoms with Gasteiger partial charge in [0.25, 0.3) is 0 Å². The molecule has 2 aromatic rings. The molecule has 0 aliphatic heterocycles. The minimum absolute atomic E-state index is 0.128. The van der Waals surface area contributed by atoms with Crippen LogP contribution in [0.1, 0.15) is 37.7 Å². The summed E-state index contributed by atoms with van der Waals surface area (Å²) in [6.45, 7) is 2.07. The molecule has 3 rings (SSSR count). The summed E-state index contributed by atoms with van der Waals surface area (Å²) in [6, 6.07) is 10.1. The predicted octanol–water partition coefficient (Wildman–Crippen LogP) is 4.06. The van der Waals surface area contributed by atoms with Crippen molar-refractivity contribution in [2.24, 2.45) is 5.92 Å². The average Bonchev–Trinajstić information content (AvgIpc) is 2.48. The highest BCUT2D eigenvalue weighted by molar-refractivity contribution is 5.93. The maximum absolute atomic E-state index is 12.2. The van der Waals surface area contributed by atoms with Crippen LogP contribution in [0, 0.1) is 12.8 Å². The smallest absolute Gasteiger partial charge is 0.228 e. The molecular weight excluding hydrogens is 248 g/mol. The standard InChI is InChI=1S/C17H20N2O/c1-12-7-9-15-14(11-12)8-10-16(18-15)19-17(20)13-5-3-2-4-6-13/h7-11,13H,2-6H2,1H3,(H,18,19,20). The van der Waals surface area contributed by atoms with Crippen molar-refractivity contribution in [1.29, 1.82) is 0 Å². The lowest BCUT2D eigenvalue weighted by Crippen LogP contribution is -2.25. The molecule has 20 heavy (non-hydrogen) atoms. The molecule has 1 N–H and O–H groups in total. The van der Waals surface area contributed by atoms with Crippen LogP contribution in [0.15, 0.2) is 30.3 Å². The van der Waals surface area contributed by atoms with Gasteiger partial charge in [0.2, 0.25) is 5.91 Å². The second-order valence-electron chi connectivity index (χ2n) is 5.72. The van der Waals surface area contributed by atoms with Gasteiger partial charge in [-0.1, -0.05) is 30.9 Å². The quantitative estimate of drug-likeness (QED) is 0.892. The van der Waals surface area contributed by atoms with Crippen molar-refractivity contribution < 1.29 is 4.79 Å². The molecule has 0 unspecified atom stereocenters. The van der Waals surface area contributed by atoms with Crippen molar-refractivity contribution in [1.82, 2.24) is 4.98 Å². The first-order valence-electron chi connectivity index (χ1n) is 7.41. The molecule has 1 aromatic heterocycles. The number of amides is 1. The Balaban J connectivity index is 1.76. The molecule has 3 nitrogen and oxygen atoms in total. The summed E-state index contributed by atoms with van der Waals surface area (Å²) in [5, 5.41) is 4.08. The SMILES string of the molecule is Cc1ccc2nc(NC(=O)C3CCCCC3)ccc2c1. The Hall–Kier alpha value is -1.90. The van der Waals surface area contributed by atoms with E-state index in [2.05, 4.69) is 23.3 Å². The number of carbonyl (C=O) groups excluding carboxylic acids is 1. The van der Waals surface area contributed by atoms with Gasteiger partial charge in [-0.05, 0) is 44.0 Å². The van der Waals surface area contributed by atoms with Crippen LogP contribution in [-0.2, 0) is 4.79 Å². The first-order chi connectivity index (χ1) is 9.72. The van der Waals surface area contributed by atoms with E-state index in [1.807, 2.05) is 24.3 Å². The first-order valence-corrected chi connectivity index (χ1v) is 7.41. The Bertz CT molecular complexity index is 630. The highest BCUT2D eigenvalue weighted by Gasteiger charge is 2.21. The largest absolute Gasteiger partial charge is 0.310 e. The van der Waals surface area contributed by atoms with Crippen LogP contribution in [0.25, 0.3) is 10.9 Å². The Kier molecular flexibility index (Phi) is 3.68. The summed E-state index contributed by atoms with van der Waals surface area (Å²) >= 11 is 0. The van der Waals surface area contributed by atoms with E-state index in [0.717, 1.165) is 23.7 Å². The van der Waals surface area contributed by atoms with Gasteiger partial charge in [0.05, 0.1) is 5.52 Å². The van der Waals surface area contributed by atoms with E-state index in [0.29, 0.717) is 5.82 Å². The Morgan fingerprint density at radius 2 is 1.95 bits per heavy atom. The summed E-state index contributed by atoms with van der Waals surface area (Å²) in [4.78, 5) is 16.7. The average molecular weight is 268 g/mol. The second kappa shape index (κ2) is 5.61. The van der Waals surface area contributed by atoms with E-state index in [-0.39, 0.29) is 11.8 Å². The van der Waals surface area contributed by atoms with Crippen LogP contribution in [0.3, 0.4) is 0 Å². The normalized spacial score (nSPS) is 16.2. The van der Waals surface area contributed by atoms with E-state index in [4.69, 9.17) is 0 Å². The molecule has 0 radical (unpaired) electrons. The molecule has 1 aromatic carbocycles. The number of pyridine rings is 1. The van der Waals surface area contributed by atoms with Gasteiger partial charge in [-0.15, -0.1) is 0 Å². The minimum Gasteiger partial charge on any atom is -0.310 e. The number of aryl methyl sites for hydroxylation is 1. The number of nitrogens with zero attached hydrogens (tertiary/aromatic N) is 1. The van der Waals surface area contributed by atoms with Crippen LogP contribution >= 0.6 is 0 Å². The van der Waals surface area contributed by atoms with Crippen molar-refractivity contribution in [3.8, 4) is 0 Å². The van der Waals surface area contributed by atoms with Crippen molar-refractivity contribution in [3.63, 3.8) is 0 Å². The number of hydrogen-bond acceptors (Lipinski definition) is 2. The van der Waals surface area contributed by atoms with Gasteiger partial charge in [0.15, 0.2) is 0 Å². The molecule has 1 amide bonds. The molecular formula is C17H20N2O. The van der Waals surface area contributed by atoms with Gasteiger partial charge in [0.1, 0.15) is 5.82 Å². The molecule has 0 bridgehead atoms. The van der Waals surface area contributed by atoms with Crippen LogP contribution < -0.4 is 5.32 Å². The summed E-state index contributed by atoms with van der Waals surface area (Å²) in [6.07, 6.45) is 5.62. The lowest BCUT2D eigenvalue weighted by molar-refractivity contribution is -0.120. The lowest BCUT2D eigenvalue weighted by Gasteiger charge is -2.20. The summed E-state index contributed by atoms with van der Waals surface area (Å²) in [7, 11) is 0. The van der Waals surface area contributed by atoms with Gasteiger partial charge in [-0.25, -0.2) is 4.98 Å². The fourth-order valence-electron chi connectivity index (χ4n) is 2.91. The molecule has 1 aliphatic carbocycles. The molecule has 104 valence electrons. The molecule has 3 heteroatoms. The molecule has 0 atom stereocenters. The predicted molar refractivity (Wildman–Crippen MR) is 81.7 cm³/mol. The van der Waals surface area contributed by atoms with Gasteiger partial charge in [-0.3, -0.25) is 4.79 Å². The zero-order chi connectivity index (χ0) is 13.9. The van der Waals surface area contributed by atoms with Crippen molar-refractivity contribution >= 4 is 22.6 Å². The molecule has 0 spiro atoms. The topological polar surface area (TPSA) is 42.0 Å². The monoisotopic (exact) mass is 268 g/mol. The minimum atomic E-state index is 0.128. The third-order valence-corrected chi connectivity index (χ3v) is 4.07. The van der Waals surface area contributed by atoms with Gasteiger partial charge >= 0.3 is 0 Å². The maximum atomic E-state index is 12.2. The number of anilines is 1. The van der Waals surface area contributed by atoms with E-state index in [9.17, 15) is 4.79 Å². The molecule has 1 fully saturated rings. The maximum Gasteiger partial charge on any atom is 0.228 e. The molecule has 1 aliphatic rings.